The van der Waals surface area contributed by atoms with Crippen molar-refractivity contribution >= 4 is 0 Å². The van der Waals surface area contributed by atoms with Crippen molar-refractivity contribution in [3.8, 4) is 0 Å². The van der Waals surface area contributed by atoms with Crippen LogP contribution in [0.3, 0.4) is 0 Å². The van der Waals surface area contributed by atoms with E-state index in [0.717, 1.165) is 38.2 Å². The lowest BCUT2D eigenvalue weighted by Crippen LogP contribution is -2.46. The monoisotopic (exact) mass is 441 g/mol. The van der Waals surface area contributed by atoms with Crippen molar-refractivity contribution in [2.45, 2.75) is 76.3 Å². The maximum absolute atomic E-state index is 6.61. The predicted molar refractivity (Wildman–Crippen MR) is 132 cm³/mol. The number of hydrogen-bond donors (Lipinski definition) is 2. The minimum absolute atomic E-state index is 0.258. The highest BCUT2D eigenvalue weighted by Crippen LogP contribution is 2.38. The molecule has 3 unspecified atom stereocenters. The van der Waals surface area contributed by atoms with Crippen molar-refractivity contribution in [3.05, 3.63) is 95.1 Å². The fourth-order valence-electron chi connectivity index (χ4n) is 5.56. The van der Waals surface area contributed by atoms with E-state index in [2.05, 4.69) is 57.7 Å². The summed E-state index contributed by atoms with van der Waals surface area (Å²) in [4.78, 5) is 11.9. The maximum atomic E-state index is 6.61. The van der Waals surface area contributed by atoms with Crippen molar-refractivity contribution in [1.29, 1.82) is 0 Å². The van der Waals surface area contributed by atoms with Crippen LogP contribution >= 0.6 is 0 Å². The van der Waals surface area contributed by atoms with Gasteiger partial charge in [0, 0.05) is 44.1 Å². The Morgan fingerprint density at radius 1 is 0.848 bits per heavy atom. The number of nitrogens with one attached hydrogen (secondary N) is 1. The van der Waals surface area contributed by atoms with Crippen LogP contribution in [-0.2, 0) is 26.1 Å². The molecule has 0 amide bonds. The summed E-state index contributed by atoms with van der Waals surface area (Å²) in [6.45, 7) is 2.55. The molecule has 3 aromatic rings. The molecule has 5 nitrogen and oxygen atoms in total. The van der Waals surface area contributed by atoms with Crippen molar-refractivity contribution in [2.24, 2.45) is 5.73 Å². The maximum Gasteiger partial charge on any atom is 0.0607 e. The molecule has 5 heteroatoms. The third kappa shape index (κ3) is 5.32. The van der Waals surface area contributed by atoms with E-state index < -0.39 is 0 Å². The Morgan fingerprint density at radius 3 is 2.48 bits per heavy atom. The average Bonchev–Trinajstić information content (AvgIpc) is 3.29. The molecular weight excluding hydrogens is 406 g/mol. The summed E-state index contributed by atoms with van der Waals surface area (Å²) < 4.78 is 0. The molecule has 0 bridgehead atoms. The highest BCUT2D eigenvalue weighted by Gasteiger charge is 2.36. The molecule has 0 radical (unpaired) electrons. The van der Waals surface area contributed by atoms with Crippen LogP contribution in [0.1, 0.15) is 66.2 Å². The molecule has 3 atom stereocenters. The summed E-state index contributed by atoms with van der Waals surface area (Å²) in [5.41, 5.74) is 13.0. The minimum Gasteiger partial charge on any atom is -0.326 e. The number of fused-ring (bicyclic) bond motifs is 1. The average molecular weight is 442 g/mol. The van der Waals surface area contributed by atoms with Gasteiger partial charge in [0.15, 0.2) is 0 Å². The first-order chi connectivity index (χ1) is 16.3. The van der Waals surface area contributed by atoms with Crippen LogP contribution in [0.5, 0.6) is 0 Å². The Balaban J connectivity index is 1.28. The second-order valence-electron chi connectivity index (χ2n) is 9.53. The topological polar surface area (TPSA) is 67.1 Å². The van der Waals surface area contributed by atoms with Gasteiger partial charge in [0.05, 0.1) is 17.4 Å². The van der Waals surface area contributed by atoms with Gasteiger partial charge in [-0.15, -0.1) is 0 Å². The molecule has 1 aromatic carbocycles. The molecule has 2 aliphatic carbocycles. The van der Waals surface area contributed by atoms with Crippen molar-refractivity contribution in [2.75, 3.05) is 0 Å². The summed E-state index contributed by atoms with van der Waals surface area (Å²) in [5, 5.41) is 3.49. The van der Waals surface area contributed by atoms with E-state index in [1.807, 2.05) is 24.5 Å². The van der Waals surface area contributed by atoms with Crippen LogP contribution in [-0.4, -0.2) is 27.0 Å². The summed E-state index contributed by atoms with van der Waals surface area (Å²) in [6, 6.07) is 20.5. The van der Waals surface area contributed by atoms with Crippen LogP contribution in [0.4, 0.5) is 0 Å². The lowest BCUT2D eigenvalue weighted by Gasteiger charge is -2.40. The van der Waals surface area contributed by atoms with Crippen LogP contribution < -0.4 is 11.1 Å². The third-order valence-corrected chi connectivity index (χ3v) is 7.27. The standard InChI is InChI=1S/C28H35N5/c29-25-9-4-10-26(25)33(27-11-3-6-23-7-5-17-32-28(23)27)20-22-14-12-21(13-15-22)18-30-19-24-8-1-2-16-31-24/h1-2,5,7-8,12-17,25-27,30H,3-4,6,9-11,18-20,29H2. The van der Waals surface area contributed by atoms with Crippen LogP contribution in [0, 0.1) is 0 Å². The second-order valence-corrected chi connectivity index (χ2v) is 9.53. The first-order valence-corrected chi connectivity index (χ1v) is 12.4. The van der Waals surface area contributed by atoms with E-state index in [1.165, 1.54) is 48.1 Å². The van der Waals surface area contributed by atoms with Gasteiger partial charge in [-0.1, -0.05) is 42.8 Å². The van der Waals surface area contributed by atoms with E-state index >= 15 is 0 Å². The Hall–Kier alpha value is -2.60. The lowest BCUT2D eigenvalue weighted by atomic mass is 9.89. The van der Waals surface area contributed by atoms with Gasteiger partial charge in [0.2, 0.25) is 0 Å². The zero-order valence-electron chi connectivity index (χ0n) is 19.4. The number of nitrogens with two attached hydrogens (primary N) is 1. The zero-order chi connectivity index (χ0) is 22.5. The smallest absolute Gasteiger partial charge is 0.0607 e. The van der Waals surface area contributed by atoms with Gasteiger partial charge in [-0.05, 0) is 67.0 Å². The third-order valence-electron chi connectivity index (χ3n) is 7.27. The van der Waals surface area contributed by atoms with E-state index in [9.17, 15) is 0 Å². The molecule has 0 spiro atoms. The van der Waals surface area contributed by atoms with Gasteiger partial charge in [-0.25, -0.2) is 0 Å². The minimum atomic E-state index is 0.258. The Kier molecular flexibility index (Phi) is 7.10. The molecule has 2 heterocycles. The van der Waals surface area contributed by atoms with E-state index in [1.54, 1.807) is 0 Å². The number of hydrogen-bond acceptors (Lipinski definition) is 5. The molecule has 2 aromatic heterocycles. The predicted octanol–water partition coefficient (Wildman–Crippen LogP) is 4.53. The molecule has 1 fully saturated rings. The molecule has 1 saturated carbocycles. The van der Waals surface area contributed by atoms with Crippen LogP contribution in [0.2, 0.25) is 0 Å². The lowest BCUT2D eigenvalue weighted by molar-refractivity contribution is 0.100. The Labute approximate surface area is 197 Å². The first-order valence-electron chi connectivity index (χ1n) is 12.4. The molecule has 0 aliphatic heterocycles. The number of aromatic nitrogens is 2. The van der Waals surface area contributed by atoms with Gasteiger partial charge in [0.1, 0.15) is 0 Å². The van der Waals surface area contributed by atoms with Gasteiger partial charge in [-0.3, -0.25) is 14.9 Å². The SMILES string of the molecule is NC1CCCC1N(Cc1ccc(CNCc2ccccn2)cc1)C1CCCc2cccnc21. The second kappa shape index (κ2) is 10.6. The quantitative estimate of drug-likeness (QED) is 0.538. The summed E-state index contributed by atoms with van der Waals surface area (Å²) in [5.74, 6) is 0. The highest BCUT2D eigenvalue weighted by atomic mass is 15.2. The van der Waals surface area contributed by atoms with Gasteiger partial charge in [0.25, 0.3) is 0 Å². The number of aryl methyl sites for hydroxylation is 1. The van der Waals surface area contributed by atoms with Crippen LogP contribution in [0.25, 0.3) is 0 Å². The number of nitrogens with zero attached hydrogens (tertiary/aromatic N) is 3. The van der Waals surface area contributed by atoms with Crippen molar-refractivity contribution < 1.29 is 0 Å². The molecule has 172 valence electrons. The number of rotatable bonds is 8. The summed E-state index contributed by atoms with van der Waals surface area (Å²) in [6.07, 6.45) is 10.9. The molecule has 0 saturated heterocycles. The molecule has 3 N–H and O–H groups in total. The Bertz CT molecular complexity index is 1020. The summed E-state index contributed by atoms with van der Waals surface area (Å²) >= 11 is 0. The molecular formula is C28H35N5. The largest absolute Gasteiger partial charge is 0.326 e. The number of pyridine rings is 2. The van der Waals surface area contributed by atoms with Crippen molar-refractivity contribution in [3.63, 3.8) is 0 Å². The van der Waals surface area contributed by atoms with Gasteiger partial charge in [-0.2, -0.15) is 0 Å². The van der Waals surface area contributed by atoms with E-state index in [0.29, 0.717) is 12.1 Å². The van der Waals surface area contributed by atoms with Crippen molar-refractivity contribution in [1.82, 2.24) is 20.2 Å². The molecule has 33 heavy (non-hydrogen) atoms. The van der Waals surface area contributed by atoms with Gasteiger partial charge >= 0.3 is 0 Å². The molecule has 5 rings (SSSR count). The van der Waals surface area contributed by atoms with E-state index in [4.69, 9.17) is 10.7 Å². The normalized spacial score (nSPS) is 22.4. The highest BCUT2D eigenvalue weighted by molar-refractivity contribution is 5.27. The summed E-state index contributed by atoms with van der Waals surface area (Å²) in [7, 11) is 0. The molecule has 2 aliphatic rings. The Morgan fingerprint density at radius 2 is 1.70 bits per heavy atom. The zero-order valence-corrected chi connectivity index (χ0v) is 19.4. The van der Waals surface area contributed by atoms with Crippen LogP contribution in [0.15, 0.2) is 67.0 Å². The fourth-order valence-corrected chi connectivity index (χ4v) is 5.56. The fraction of sp³-hybridized carbons (Fsp3) is 0.429. The first kappa shape index (κ1) is 22.2. The van der Waals surface area contributed by atoms with E-state index in [-0.39, 0.29) is 6.04 Å². The number of benzene rings is 1. The van der Waals surface area contributed by atoms with Gasteiger partial charge < -0.3 is 11.1 Å².